The fourth-order valence-corrected chi connectivity index (χ4v) is 2.14. The summed E-state index contributed by atoms with van der Waals surface area (Å²) in [4.78, 5) is 16.3. The van der Waals surface area contributed by atoms with Gasteiger partial charge in [0.2, 0.25) is 0 Å². The highest BCUT2D eigenvalue weighted by molar-refractivity contribution is 5.72. The molecule has 0 unspecified atom stereocenters. The standard InChI is InChI=1S/C15H15N3O/c1-10(2)18-9-11(3)14(13(8-16)15(18)19)12-4-6-17-7-5-12/h4-7,9-10H,1-3H3. The maximum atomic E-state index is 12.3. The molecule has 0 aliphatic heterocycles. The molecular formula is C15H15N3O. The summed E-state index contributed by atoms with van der Waals surface area (Å²) in [5.41, 5.74) is 2.41. The Morgan fingerprint density at radius 1 is 1.32 bits per heavy atom. The summed E-state index contributed by atoms with van der Waals surface area (Å²) in [5, 5.41) is 9.31. The molecule has 0 aliphatic carbocycles. The van der Waals surface area contributed by atoms with Gasteiger partial charge in [-0.05, 0) is 44.0 Å². The van der Waals surface area contributed by atoms with E-state index >= 15 is 0 Å². The molecular weight excluding hydrogens is 238 g/mol. The molecule has 0 atom stereocenters. The summed E-state index contributed by atoms with van der Waals surface area (Å²) in [5.74, 6) is 0. The Balaban J connectivity index is 2.81. The second-order valence-electron chi connectivity index (χ2n) is 4.72. The summed E-state index contributed by atoms with van der Waals surface area (Å²) >= 11 is 0. The van der Waals surface area contributed by atoms with Crippen LogP contribution in [0, 0.1) is 18.3 Å². The molecule has 0 radical (unpaired) electrons. The first-order valence-electron chi connectivity index (χ1n) is 6.12. The van der Waals surface area contributed by atoms with Gasteiger partial charge in [-0.1, -0.05) is 0 Å². The Morgan fingerprint density at radius 2 is 1.95 bits per heavy atom. The van der Waals surface area contributed by atoms with E-state index in [0.717, 1.165) is 11.1 Å². The van der Waals surface area contributed by atoms with E-state index in [0.29, 0.717) is 5.56 Å². The number of aryl methyl sites for hydroxylation is 1. The minimum atomic E-state index is -0.241. The molecule has 0 N–H and O–H groups in total. The molecule has 0 aromatic carbocycles. The molecule has 2 aromatic heterocycles. The van der Waals surface area contributed by atoms with Gasteiger partial charge in [0.15, 0.2) is 0 Å². The third-order valence-corrected chi connectivity index (χ3v) is 3.06. The van der Waals surface area contributed by atoms with Crippen LogP contribution < -0.4 is 5.56 Å². The normalized spacial score (nSPS) is 10.5. The number of nitrogens with zero attached hydrogens (tertiary/aromatic N) is 3. The maximum Gasteiger partial charge on any atom is 0.269 e. The lowest BCUT2D eigenvalue weighted by molar-refractivity contribution is 0.575. The number of pyridine rings is 2. The lowest BCUT2D eigenvalue weighted by Crippen LogP contribution is -2.25. The Hall–Kier alpha value is -2.41. The van der Waals surface area contributed by atoms with Gasteiger partial charge in [-0.3, -0.25) is 9.78 Å². The van der Waals surface area contributed by atoms with Gasteiger partial charge in [0.25, 0.3) is 5.56 Å². The van der Waals surface area contributed by atoms with Crippen LogP contribution in [0.25, 0.3) is 11.1 Å². The molecule has 19 heavy (non-hydrogen) atoms. The fourth-order valence-electron chi connectivity index (χ4n) is 2.14. The predicted octanol–water partition coefficient (Wildman–Crippen LogP) is 2.67. The third kappa shape index (κ3) is 2.27. The minimum absolute atomic E-state index is 0.0322. The molecule has 0 spiro atoms. The Labute approximate surface area is 112 Å². The zero-order valence-corrected chi connectivity index (χ0v) is 11.2. The van der Waals surface area contributed by atoms with Gasteiger partial charge in [-0.15, -0.1) is 0 Å². The predicted molar refractivity (Wildman–Crippen MR) is 73.8 cm³/mol. The second kappa shape index (κ2) is 5.07. The summed E-state index contributed by atoms with van der Waals surface area (Å²) in [6, 6.07) is 5.69. The van der Waals surface area contributed by atoms with E-state index < -0.39 is 0 Å². The molecule has 0 saturated carbocycles. The molecule has 96 valence electrons. The van der Waals surface area contributed by atoms with Crippen molar-refractivity contribution < 1.29 is 0 Å². The van der Waals surface area contributed by atoms with E-state index in [1.165, 1.54) is 0 Å². The van der Waals surface area contributed by atoms with Crippen molar-refractivity contribution in [3.05, 3.63) is 52.2 Å². The van der Waals surface area contributed by atoms with E-state index in [2.05, 4.69) is 4.98 Å². The van der Waals surface area contributed by atoms with Gasteiger partial charge in [0.1, 0.15) is 11.6 Å². The van der Waals surface area contributed by atoms with Crippen LogP contribution in [0.5, 0.6) is 0 Å². The highest BCUT2D eigenvalue weighted by Crippen LogP contribution is 2.25. The van der Waals surface area contributed by atoms with Gasteiger partial charge < -0.3 is 4.57 Å². The average molecular weight is 253 g/mol. The highest BCUT2D eigenvalue weighted by atomic mass is 16.1. The Bertz CT molecular complexity index is 694. The molecule has 0 saturated heterocycles. The first kappa shape index (κ1) is 13.0. The van der Waals surface area contributed by atoms with Crippen LogP contribution in [0.1, 0.15) is 31.0 Å². The van der Waals surface area contributed by atoms with E-state index in [4.69, 9.17) is 0 Å². The number of hydrogen-bond acceptors (Lipinski definition) is 3. The highest BCUT2D eigenvalue weighted by Gasteiger charge is 2.16. The summed E-state index contributed by atoms with van der Waals surface area (Å²) in [7, 11) is 0. The molecule has 0 aliphatic rings. The number of nitriles is 1. The van der Waals surface area contributed by atoms with Gasteiger partial charge in [0, 0.05) is 30.2 Å². The lowest BCUT2D eigenvalue weighted by Gasteiger charge is -2.15. The van der Waals surface area contributed by atoms with Crippen LogP contribution in [-0.4, -0.2) is 9.55 Å². The van der Waals surface area contributed by atoms with Crippen LogP contribution in [-0.2, 0) is 0 Å². The summed E-state index contributed by atoms with van der Waals surface area (Å²) < 4.78 is 1.60. The molecule has 4 heteroatoms. The monoisotopic (exact) mass is 253 g/mol. The SMILES string of the molecule is Cc1cn(C(C)C)c(=O)c(C#N)c1-c1ccncc1. The molecule has 4 nitrogen and oxygen atoms in total. The molecule has 2 rings (SSSR count). The Kier molecular flexibility index (Phi) is 3.48. The fraction of sp³-hybridized carbons (Fsp3) is 0.267. The molecule has 0 amide bonds. The van der Waals surface area contributed by atoms with Crippen molar-refractivity contribution in [3.8, 4) is 17.2 Å². The first-order chi connectivity index (χ1) is 9.06. The van der Waals surface area contributed by atoms with Gasteiger partial charge in [-0.2, -0.15) is 5.26 Å². The van der Waals surface area contributed by atoms with E-state index in [1.807, 2.05) is 45.2 Å². The van der Waals surface area contributed by atoms with Crippen molar-refractivity contribution in [1.29, 1.82) is 5.26 Å². The third-order valence-electron chi connectivity index (χ3n) is 3.06. The van der Waals surface area contributed by atoms with Gasteiger partial charge >= 0.3 is 0 Å². The van der Waals surface area contributed by atoms with Crippen molar-refractivity contribution in [2.75, 3.05) is 0 Å². The van der Waals surface area contributed by atoms with Crippen molar-refractivity contribution in [2.24, 2.45) is 0 Å². The molecule has 2 heterocycles. The lowest BCUT2D eigenvalue weighted by atomic mass is 9.98. The zero-order chi connectivity index (χ0) is 14.0. The van der Waals surface area contributed by atoms with E-state index in [-0.39, 0.29) is 17.2 Å². The number of hydrogen-bond donors (Lipinski definition) is 0. The van der Waals surface area contributed by atoms with Crippen LogP contribution in [0.15, 0.2) is 35.5 Å². The first-order valence-corrected chi connectivity index (χ1v) is 6.12. The minimum Gasteiger partial charge on any atom is -0.312 e. The largest absolute Gasteiger partial charge is 0.312 e. The van der Waals surface area contributed by atoms with E-state index in [1.54, 1.807) is 17.0 Å². The Morgan fingerprint density at radius 3 is 2.47 bits per heavy atom. The zero-order valence-electron chi connectivity index (χ0n) is 11.2. The maximum absolute atomic E-state index is 12.3. The van der Waals surface area contributed by atoms with Crippen molar-refractivity contribution in [3.63, 3.8) is 0 Å². The molecule has 0 fully saturated rings. The topological polar surface area (TPSA) is 58.7 Å². The van der Waals surface area contributed by atoms with Crippen molar-refractivity contribution in [2.45, 2.75) is 26.8 Å². The van der Waals surface area contributed by atoms with Crippen molar-refractivity contribution >= 4 is 0 Å². The van der Waals surface area contributed by atoms with Crippen LogP contribution in [0.2, 0.25) is 0 Å². The van der Waals surface area contributed by atoms with Gasteiger partial charge in [-0.25, -0.2) is 0 Å². The number of rotatable bonds is 2. The van der Waals surface area contributed by atoms with Crippen LogP contribution in [0.3, 0.4) is 0 Å². The van der Waals surface area contributed by atoms with E-state index in [9.17, 15) is 10.1 Å². The quantitative estimate of drug-likeness (QED) is 0.826. The second-order valence-corrected chi connectivity index (χ2v) is 4.72. The molecule has 2 aromatic rings. The number of aromatic nitrogens is 2. The summed E-state index contributed by atoms with van der Waals surface area (Å²) in [6.07, 6.45) is 5.12. The smallest absolute Gasteiger partial charge is 0.269 e. The molecule has 0 bridgehead atoms. The van der Waals surface area contributed by atoms with Gasteiger partial charge in [0.05, 0.1) is 0 Å². The van der Waals surface area contributed by atoms with Crippen LogP contribution >= 0.6 is 0 Å². The average Bonchev–Trinajstić information content (AvgIpc) is 2.41. The summed E-state index contributed by atoms with van der Waals surface area (Å²) in [6.45, 7) is 5.76. The van der Waals surface area contributed by atoms with Crippen molar-refractivity contribution in [1.82, 2.24) is 9.55 Å². The van der Waals surface area contributed by atoms with Crippen LogP contribution in [0.4, 0.5) is 0 Å².